The van der Waals surface area contributed by atoms with Crippen LogP contribution in [0.3, 0.4) is 0 Å². The van der Waals surface area contributed by atoms with E-state index in [1.807, 2.05) is 0 Å². The van der Waals surface area contributed by atoms with Gasteiger partial charge < -0.3 is 14.2 Å². The molecule has 3 aromatic carbocycles. The van der Waals surface area contributed by atoms with E-state index in [9.17, 15) is 13.6 Å². The lowest BCUT2D eigenvalue weighted by atomic mass is 10.0. The van der Waals surface area contributed by atoms with Crippen molar-refractivity contribution in [3.8, 4) is 28.5 Å². The molecule has 7 nitrogen and oxygen atoms in total. The van der Waals surface area contributed by atoms with E-state index < -0.39 is 17.5 Å². The Balaban J connectivity index is 1.76. The quantitative estimate of drug-likeness (QED) is 0.300. The molecule has 178 valence electrons. The van der Waals surface area contributed by atoms with Gasteiger partial charge in [0.15, 0.2) is 11.5 Å². The Hall–Kier alpha value is -4.53. The Kier molecular flexibility index (Phi) is 6.86. The fraction of sp³-hybridized carbons (Fsp3) is 0.115. The maximum Gasteiger partial charge on any atom is 0.272 e. The molecule has 0 radical (unpaired) electrons. The zero-order valence-electron chi connectivity index (χ0n) is 19.1. The second-order valence-corrected chi connectivity index (χ2v) is 7.32. The molecule has 0 aliphatic rings. The van der Waals surface area contributed by atoms with Crippen molar-refractivity contribution < 1.29 is 27.8 Å². The summed E-state index contributed by atoms with van der Waals surface area (Å²) in [6.45, 7) is 0. The Labute approximate surface area is 200 Å². The number of ether oxygens (including phenoxy) is 3. The third kappa shape index (κ3) is 4.74. The molecular formula is C26H21F2N3O4. The summed E-state index contributed by atoms with van der Waals surface area (Å²) in [7, 11) is 4.51. The van der Waals surface area contributed by atoms with Gasteiger partial charge in [0.05, 0.1) is 49.9 Å². The van der Waals surface area contributed by atoms with E-state index in [1.165, 1.54) is 27.4 Å². The van der Waals surface area contributed by atoms with Crippen LogP contribution in [0.1, 0.15) is 15.9 Å². The van der Waals surface area contributed by atoms with Crippen molar-refractivity contribution in [3.05, 3.63) is 83.4 Å². The lowest BCUT2D eigenvalue weighted by molar-refractivity contribution is 0.0956. The fourth-order valence-electron chi connectivity index (χ4n) is 3.59. The van der Waals surface area contributed by atoms with E-state index in [2.05, 4.69) is 15.5 Å². The van der Waals surface area contributed by atoms with Crippen LogP contribution in [0.2, 0.25) is 0 Å². The molecule has 1 heterocycles. The van der Waals surface area contributed by atoms with Crippen LogP contribution in [-0.4, -0.2) is 38.4 Å². The van der Waals surface area contributed by atoms with Gasteiger partial charge in [0.1, 0.15) is 11.6 Å². The predicted molar refractivity (Wildman–Crippen MR) is 128 cm³/mol. The molecule has 1 amide bonds. The topological polar surface area (TPSA) is 82.0 Å². The highest BCUT2D eigenvalue weighted by atomic mass is 19.1. The molecule has 0 spiro atoms. The molecule has 0 saturated carbocycles. The maximum atomic E-state index is 13.8. The number of hydrogen-bond acceptors (Lipinski definition) is 6. The Morgan fingerprint density at radius 3 is 2.20 bits per heavy atom. The molecule has 0 unspecified atom stereocenters. The highest BCUT2D eigenvalue weighted by Gasteiger charge is 2.18. The number of carbonyl (C=O) groups is 1. The predicted octanol–water partition coefficient (Wildman–Crippen LogP) is 4.97. The largest absolute Gasteiger partial charge is 0.493 e. The number of halogens is 2. The third-order valence-corrected chi connectivity index (χ3v) is 5.28. The molecule has 4 rings (SSSR count). The number of aromatic nitrogens is 1. The summed E-state index contributed by atoms with van der Waals surface area (Å²) in [5.74, 6) is -0.875. The molecule has 0 bridgehead atoms. The molecule has 0 aliphatic heterocycles. The number of pyridine rings is 1. The van der Waals surface area contributed by atoms with E-state index in [0.29, 0.717) is 39.4 Å². The normalized spacial score (nSPS) is 11.0. The van der Waals surface area contributed by atoms with Crippen molar-refractivity contribution in [3.63, 3.8) is 0 Å². The summed E-state index contributed by atoms with van der Waals surface area (Å²) in [6, 6.07) is 15.6. The van der Waals surface area contributed by atoms with Crippen molar-refractivity contribution in [2.75, 3.05) is 21.3 Å². The van der Waals surface area contributed by atoms with Crippen LogP contribution in [-0.2, 0) is 0 Å². The van der Waals surface area contributed by atoms with Gasteiger partial charge in [-0.1, -0.05) is 24.3 Å². The molecule has 0 fully saturated rings. The van der Waals surface area contributed by atoms with Gasteiger partial charge in [-0.05, 0) is 36.4 Å². The first-order valence-corrected chi connectivity index (χ1v) is 10.4. The number of rotatable bonds is 7. The summed E-state index contributed by atoms with van der Waals surface area (Å²) in [6.07, 6.45) is 0.923. The molecule has 4 aromatic rings. The van der Waals surface area contributed by atoms with Crippen molar-refractivity contribution in [2.24, 2.45) is 5.10 Å². The first-order chi connectivity index (χ1) is 17.0. The van der Waals surface area contributed by atoms with Crippen molar-refractivity contribution in [2.45, 2.75) is 0 Å². The number of nitrogens with one attached hydrogen (secondary N) is 1. The second-order valence-electron chi connectivity index (χ2n) is 7.32. The summed E-state index contributed by atoms with van der Waals surface area (Å²) in [5.41, 5.74) is 3.90. The number of nitrogens with zero attached hydrogens (tertiary/aromatic N) is 2. The second kappa shape index (κ2) is 10.2. The highest BCUT2D eigenvalue weighted by molar-refractivity contribution is 6.07. The van der Waals surface area contributed by atoms with Crippen LogP contribution in [0.5, 0.6) is 17.2 Å². The minimum absolute atomic E-state index is 0.269. The highest BCUT2D eigenvalue weighted by Crippen LogP contribution is 2.41. The van der Waals surface area contributed by atoms with Crippen molar-refractivity contribution >= 4 is 23.0 Å². The molecule has 0 saturated heterocycles. The lowest BCUT2D eigenvalue weighted by Crippen LogP contribution is -2.18. The van der Waals surface area contributed by atoms with Gasteiger partial charge in [-0.3, -0.25) is 4.79 Å². The zero-order valence-corrected chi connectivity index (χ0v) is 19.1. The molecule has 9 heteroatoms. The summed E-state index contributed by atoms with van der Waals surface area (Å²) < 4.78 is 43.9. The van der Waals surface area contributed by atoms with E-state index in [0.717, 1.165) is 18.3 Å². The minimum atomic E-state index is -0.790. The average molecular weight is 477 g/mol. The number of amides is 1. The van der Waals surface area contributed by atoms with Crippen LogP contribution < -0.4 is 19.6 Å². The number of benzene rings is 3. The molecule has 0 aliphatic carbocycles. The Bertz CT molecular complexity index is 1390. The molecule has 1 aromatic heterocycles. The van der Waals surface area contributed by atoms with Crippen molar-refractivity contribution in [1.29, 1.82) is 0 Å². The maximum absolute atomic E-state index is 13.8. The fourth-order valence-corrected chi connectivity index (χ4v) is 3.59. The van der Waals surface area contributed by atoms with Gasteiger partial charge in [-0.25, -0.2) is 19.2 Å². The molecular weight excluding hydrogens is 456 g/mol. The number of carbonyl (C=O) groups excluding carboxylic acids is 1. The van der Waals surface area contributed by atoms with E-state index >= 15 is 0 Å². The standard InChI is InChI=1S/C26H21F2N3O4/c1-33-23-11-15(12-24(34-2)25(23)35-3)22-13-17(16-7-4-5-10-21(16)30-22)26(32)31-29-14-18-19(27)8-6-9-20(18)28/h4-14H,1-3H3,(H,31,32)/b29-14+. The number of methoxy groups -OCH3 is 3. The van der Waals surface area contributed by atoms with Gasteiger partial charge >= 0.3 is 0 Å². The smallest absolute Gasteiger partial charge is 0.272 e. The number of hydrogen-bond donors (Lipinski definition) is 1. The number of fused-ring (bicyclic) bond motifs is 1. The number of hydrazone groups is 1. The van der Waals surface area contributed by atoms with Gasteiger partial charge in [-0.15, -0.1) is 0 Å². The van der Waals surface area contributed by atoms with E-state index in [-0.39, 0.29) is 11.1 Å². The summed E-state index contributed by atoms with van der Waals surface area (Å²) in [5, 5.41) is 4.32. The number of para-hydroxylation sites is 1. The average Bonchev–Trinajstić information content (AvgIpc) is 2.88. The third-order valence-electron chi connectivity index (χ3n) is 5.28. The molecule has 35 heavy (non-hydrogen) atoms. The van der Waals surface area contributed by atoms with Gasteiger partial charge in [-0.2, -0.15) is 5.10 Å². The molecule has 0 atom stereocenters. The van der Waals surface area contributed by atoms with Gasteiger partial charge in [0.2, 0.25) is 5.75 Å². The zero-order chi connectivity index (χ0) is 24.9. The Morgan fingerprint density at radius 1 is 0.914 bits per heavy atom. The van der Waals surface area contributed by atoms with Crippen molar-refractivity contribution in [1.82, 2.24) is 10.4 Å². The van der Waals surface area contributed by atoms with Gasteiger partial charge in [0, 0.05) is 10.9 Å². The van der Waals surface area contributed by atoms with Crippen LogP contribution >= 0.6 is 0 Å². The molecule has 1 N–H and O–H groups in total. The van der Waals surface area contributed by atoms with E-state index in [4.69, 9.17) is 14.2 Å². The monoisotopic (exact) mass is 477 g/mol. The van der Waals surface area contributed by atoms with Crippen LogP contribution in [0.15, 0.2) is 65.8 Å². The summed E-state index contributed by atoms with van der Waals surface area (Å²) in [4.78, 5) is 17.7. The van der Waals surface area contributed by atoms with Crippen LogP contribution in [0.25, 0.3) is 22.2 Å². The first-order valence-electron chi connectivity index (χ1n) is 10.4. The van der Waals surface area contributed by atoms with Crippen LogP contribution in [0, 0.1) is 11.6 Å². The minimum Gasteiger partial charge on any atom is -0.493 e. The summed E-state index contributed by atoms with van der Waals surface area (Å²) >= 11 is 0. The van der Waals surface area contributed by atoms with Crippen LogP contribution in [0.4, 0.5) is 8.78 Å². The SMILES string of the molecule is COc1cc(-c2cc(C(=O)N/N=C/c3c(F)cccc3F)c3ccccc3n2)cc(OC)c1OC. The lowest BCUT2D eigenvalue weighted by Gasteiger charge is -2.15. The first kappa shape index (κ1) is 23.6. The van der Waals surface area contributed by atoms with E-state index in [1.54, 1.807) is 42.5 Å². The van der Waals surface area contributed by atoms with Gasteiger partial charge in [0.25, 0.3) is 5.91 Å². The Morgan fingerprint density at radius 2 is 1.57 bits per heavy atom.